The van der Waals surface area contributed by atoms with Crippen LogP contribution in [0.1, 0.15) is 38.1 Å². The van der Waals surface area contributed by atoms with Crippen LogP contribution in [0.2, 0.25) is 0 Å². The average molecular weight is 395 g/mol. The number of carbonyl (C=O) groups excluding carboxylic acids is 2. The van der Waals surface area contributed by atoms with Crippen LogP contribution in [0.3, 0.4) is 0 Å². The number of rotatable bonds is 7. The van der Waals surface area contributed by atoms with Crippen molar-refractivity contribution in [2.24, 2.45) is 0 Å². The smallest absolute Gasteiger partial charge is 0.256 e. The van der Waals surface area contributed by atoms with Crippen LogP contribution >= 0.6 is 11.3 Å². The Morgan fingerprint density at radius 3 is 1.93 bits per heavy atom. The fourth-order valence-electron chi connectivity index (χ4n) is 2.69. The molecule has 0 fully saturated rings. The Kier molecular flexibility index (Phi) is 6.11. The van der Waals surface area contributed by atoms with Gasteiger partial charge in [0.2, 0.25) is 0 Å². The summed E-state index contributed by atoms with van der Waals surface area (Å²) < 4.78 is 10.3. The number of nitrogens with one attached hydrogen (secondary N) is 1. The van der Waals surface area contributed by atoms with E-state index in [0.29, 0.717) is 33.2 Å². The van der Waals surface area contributed by atoms with Crippen molar-refractivity contribution in [1.82, 2.24) is 0 Å². The number of carbonyl (C=O) groups is 2. The highest BCUT2D eigenvalue weighted by Gasteiger charge is 2.19. The molecule has 1 heterocycles. The van der Waals surface area contributed by atoms with Crippen LogP contribution in [-0.4, -0.2) is 25.9 Å². The maximum Gasteiger partial charge on any atom is 0.256 e. The Bertz CT molecular complexity index is 975. The van der Waals surface area contributed by atoms with Crippen LogP contribution in [0, 0.1) is 0 Å². The molecule has 5 nitrogen and oxygen atoms in total. The first kappa shape index (κ1) is 19.6. The van der Waals surface area contributed by atoms with Gasteiger partial charge in [0.05, 0.1) is 19.8 Å². The molecule has 0 atom stereocenters. The van der Waals surface area contributed by atoms with Gasteiger partial charge in [0.1, 0.15) is 16.5 Å². The Morgan fingerprint density at radius 1 is 0.893 bits per heavy atom. The second kappa shape index (κ2) is 8.71. The van der Waals surface area contributed by atoms with E-state index in [4.69, 9.17) is 9.47 Å². The molecule has 1 N–H and O–H groups in total. The van der Waals surface area contributed by atoms with Gasteiger partial charge in [-0.3, -0.25) is 9.59 Å². The fraction of sp³-hybridized carbons (Fsp3) is 0.182. The third-order valence-electron chi connectivity index (χ3n) is 4.31. The first-order valence-corrected chi connectivity index (χ1v) is 9.64. The zero-order valence-electron chi connectivity index (χ0n) is 15.9. The number of anilines is 1. The SMILES string of the molecule is CCc1cc(C(=O)c2ccc(OC)cc2)c(NC(=O)c2ccc(OC)cc2)s1. The normalized spacial score (nSPS) is 10.4. The number of benzene rings is 2. The molecule has 0 aliphatic heterocycles. The lowest BCUT2D eigenvalue weighted by Gasteiger charge is -2.07. The molecule has 1 aromatic heterocycles. The Morgan fingerprint density at radius 2 is 1.43 bits per heavy atom. The molecule has 2 aromatic carbocycles. The largest absolute Gasteiger partial charge is 0.497 e. The molecule has 144 valence electrons. The van der Waals surface area contributed by atoms with E-state index >= 15 is 0 Å². The molecule has 0 bridgehead atoms. The summed E-state index contributed by atoms with van der Waals surface area (Å²) in [5.74, 6) is 0.958. The molecule has 0 unspecified atom stereocenters. The molecule has 0 saturated carbocycles. The van der Waals surface area contributed by atoms with E-state index in [9.17, 15) is 9.59 Å². The third kappa shape index (κ3) is 4.23. The van der Waals surface area contributed by atoms with Gasteiger partial charge in [-0.1, -0.05) is 6.92 Å². The highest BCUT2D eigenvalue weighted by Crippen LogP contribution is 2.31. The maximum atomic E-state index is 13.0. The molecule has 6 heteroatoms. The van der Waals surface area contributed by atoms with Crippen molar-refractivity contribution >= 4 is 28.0 Å². The van der Waals surface area contributed by atoms with Crippen molar-refractivity contribution in [3.8, 4) is 11.5 Å². The minimum absolute atomic E-state index is 0.136. The van der Waals surface area contributed by atoms with Gasteiger partial charge in [-0.25, -0.2) is 0 Å². The van der Waals surface area contributed by atoms with E-state index < -0.39 is 0 Å². The highest BCUT2D eigenvalue weighted by atomic mass is 32.1. The minimum Gasteiger partial charge on any atom is -0.497 e. The number of thiophene rings is 1. The Labute approximate surface area is 167 Å². The Balaban J connectivity index is 1.87. The molecule has 0 aliphatic rings. The summed E-state index contributed by atoms with van der Waals surface area (Å²) in [6, 6.07) is 15.6. The first-order chi connectivity index (χ1) is 13.5. The summed E-state index contributed by atoms with van der Waals surface area (Å²) in [5.41, 5.74) is 1.53. The zero-order chi connectivity index (χ0) is 20.1. The molecular weight excluding hydrogens is 374 g/mol. The minimum atomic E-state index is -0.268. The van der Waals surface area contributed by atoms with Crippen molar-refractivity contribution in [2.45, 2.75) is 13.3 Å². The summed E-state index contributed by atoms with van der Waals surface area (Å²) in [6.45, 7) is 2.02. The molecule has 3 rings (SSSR count). The lowest BCUT2D eigenvalue weighted by atomic mass is 10.0. The predicted octanol–water partition coefficient (Wildman–Crippen LogP) is 4.81. The van der Waals surface area contributed by atoms with Crippen LogP contribution in [0.5, 0.6) is 11.5 Å². The van der Waals surface area contributed by atoms with Crippen molar-refractivity contribution in [3.63, 3.8) is 0 Å². The maximum absolute atomic E-state index is 13.0. The third-order valence-corrected chi connectivity index (χ3v) is 5.50. The van der Waals surface area contributed by atoms with Crippen molar-refractivity contribution in [1.29, 1.82) is 0 Å². The number of ether oxygens (including phenoxy) is 2. The summed E-state index contributed by atoms with van der Waals surface area (Å²) in [4.78, 5) is 26.7. The molecule has 28 heavy (non-hydrogen) atoms. The van der Waals surface area contributed by atoms with Gasteiger partial charge in [0, 0.05) is 16.0 Å². The topological polar surface area (TPSA) is 64.6 Å². The molecule has 3 aromatic rings. The number of methoxy groups -OCH3 is 2. The van der Waals surface area contributed by atoms with Crippen LogP contribution in [-0.2, 0) is 6.42 Å². The predicted molar refractivity (Wildman–Crippen MR) is 111 cm³/mol. The summed E-state index contributed by atoms with van der Waals surface area (Å²) in [7, 11) is 3.15. The second-order valence-corrected chi connectivity index (χ2v) is 7.19. The second-order valence-electron chi connectivity index (χ2n) is 6.05. The quantitative estimate of drug-likeness (QED) is 0.583. The van der Waals surface area contributed by atoms with Gasteiger partial charge >= 0.3 is 0 Å². The van der Waals surface area contributed by atoms with E-state index in [0.717, 1.165) is 11.3 Å². The summed E-state index contributed by atoms with van der Waals surface area (Å²) in [5, 5.41) is 3.44. The van der Waals surface area contributed by atoms with Crippen LogP contribution in [0.15, 0.2) is 54.6 Å². The van der Waals surface area contributed by atoms with Gasteiger partial charge in [-0.15, -0.1) is 11.3 Å². The standard InChI is InChI=1S/C22H21NO4S/c1-4-18-13-19(20(24)14-5-9-16(26-2)10-6-14)22(28-18)23-21(25)15-7-11-17(27-3)12-8-15/h5-13H,4H2,1-3H3,(H,23,25). The van der Waals surface area contributed by atoms with E-state index in [2.05, 4.69) is 5.32 Å². The van der Waals surface area contributed by atoms with E-state index in [1.807, 2.05) is 13.0 Å². The lowest BCUT2D eigenvalue weighted by Crippen LogP contribution is -2.13. The van der Waals surface area contributed by atoms with E-state index in [1.54, 1.807) is 62.8 Å². The average Bonchev–Trinajstić information content (AvgIpc) is 3.16. The first-order valence-electron chi connectivity index (χ1n) is 8.82. The number of ketones is 1. The van der Waals surface area contributed by atoms with Crippen LogP contribution < -0.4 is 14.8 Å². The molecule has 0 saturated heterocycles. The van der Waals surface area contributed by atoms with Gasteiger partial charge in [0.25, 0.3) is 5.91 Å². The van der Waals surface area contributed by atoms with Crippen LogP contribution in [0.25, 0.3) is 0 Å². The zero-order valence-corrected chi connectivity index (χ0v) is 16.8. The number of hydrogen-bond donors (Lipinski definition) is 1. The monoisotopic (exact) mass is 395 g/mol. The van der Waals surface area contributed by atoms with Gasteiger partial charge in [-0.05, 0) is 61.0 Å². The van der Waals surface area contributed by atoms with Crippen molar-refractivity contribution in [3.05, 3.63) is 76.2 Å². The number of aryl methyl sites for hydroxylation is 1. The Hall–Kier alpha value is -3.12. The summed E-state index contributed by atoms with van der Waals surface area (Å²) in [6.07, 6.45) is 0.784. The molecule has 0 spiro atoms. The molecule has 0 aliphatic carbocycles. The molecule has 0 radical (unpaired) electrons. The molecule has 1 amide bonds. The van der Waals surface area contributed by atoms with E-state index in [1.165, 1.54) is 11.3 Å². The number of hydrogen-bond acceptors (Lipinski definition) is 5. The van der Waals surface area contributed by atoms with Crippen molar-refractivity contribution < 1.29 is 19.1 Å². The summed E-state index contributed by atoms with van der Waals surface area (Å²) >= 11 is 1.42. The number of amides is 1. The van der Waals surface area contributed by atoms with E-state index in [-0.39, 0.29) is 11.7 Å². The molecular formula is C22H21NO4S. The van der Waals surface area contributed by atoms with Crippen LogP contribution in [0.4, 0.5) is 5.00 Å². The lowest BCUT2D eigenvalue weighted by molar-refractivity contribution is 0.102. The van der Waals surface area contributed by atoms with Crippen molar-refractivity contribution in [2.75, 3.05) is 19.5 Å². The highest BCUT2D eigenvalue weighted by molar-refractivity contribution is 7.16. The fourth-order valence-corrected chi connectivity index (χ4v) is 3.68. The van der Waals surface area contributed by atoms with Gasteiger partial charge in [-0.2, -0.15) is 0 Å². The van der Waals surface area contributed by atoms with Gasteiger partial charge in [0.15, 0.2) is 5.78 Å². The van der Waals surface area contributed by atoms with Gasteiger partial charge < -0.3 is 14.8 Å².